The van der Waals surface area contributed by atoms with Gasteiger partial charge in [-0.3, -0.25) is 14.4 Å². The van der Waals surface area contributed by atoms with E-state index in [0.29, 0.717) is 19.4 Å². The van der Waals surface area contributed by atoms with E-state index in [2.05, 4.69) is 23.3 Å². The molecule has 32 heavy (non-hydrogen) atoms. The lowest BCUT2D eigenvalue weighted by atomic mass is 10.0. The van der Waals surface area contributed by atoms with E-state index in [1.54, 1.807) is 13.8 Å². The van der Waals surface area contributed by atoms with Crippen molar-refractivity contribution in [1.82, 2.24) is 15.5 Å². The molecule has 0 spiro atoms. The van der Waals surface area contributed by atoms with E-state index >= 15 is 0 Å². The highest BCUT2D eigenvalue weighted by atomic mass is 32.1. The number of carbonyl (C=O) groups excluding carboxylic acids is 3. The van der Waals surface area contributed by atoms with E-state index in [9.17, 15) is 24.3 Å². The van der Waals surface area contributed by atoms with Gasteiger partial charge in [-0.25, -0.2) is 4.79 Å². The third-order valence-electron chi connectivity index (χ3n) is 5.50. The molecular formula is C22H32N4O5S. The van der Waals surface area contributed by atoms with Crippen molar-refractivity contribution < 1.29 is 24.3 Å². The largest absolute Gasteiger partial charge is 0.480 e. The van der Waals surface area contributed by atoms with Gasteiger partial charge in [0.15, 0.2) is 0 Å². The van der Waals surface area contributed by atoms with Crippen molar-refractivity contribution >= 4 is 36.3 Å². The zero-order chi connectivity index (χ0) is 23.8. The number of carboxylic acids is 1. The molecule has 1 aromatic rings. The summed E-state index contributed by atoms with van der Waals surface area (Å²) >= 11 is 4.06. The van der Waals surface area contributed by atoms with Crippen molar-refractivity contribution in [3.63, 3.8) is 0 Å². The molecular weight excluding hydrogens is 432 g/mol. The number of carboxylic acid groups (broad SMARTS) is 1. The van der Waals surface area contributed by atoms with Gasteiger partial charge in [-0.05, 0) is 24.3 Å². The van der Waals surface area contributed by atoms with Gasteiger partial charge < -0.3 is 26.4 Å². The second kappa shape index (κ2) is 11.9. The molecule has 1 saturated heterocycles. The predicted molar refractivity (Wildman–Crippen MR) is 123 cm³/mol. The Labute approximate surface area is 193 Å². The Bertz CT molecular complexity index is 820. The maximum atomic E-state index is 13.1. The van der Waals surface area contributed by atoms with Crippen LogP contribution < -0.4 is 16.4 Å². The Hall–Kier alpha value is -2.59. The number of carbonyl (C=O) groups is 4. The van der Waals surface area contributed by atoms with Crippen LogP contribution in [0.2, 0.25) is 0 Å². The maximum absolute atomic E-state index is 13.1. The van der Waals surface area contributed by atoms with Gasteiger partial charge in [-0.2, -0.15) is 12.6 Å². The summed E-state index contributed by atoms with van der Waals surface area (Å²) in [5, 5.41) is 14.7. The molecule has 1 aromatic carbocycles. The van der Waals surface area contributed by atoms with E-state index in [0.717, 1.165) is 5.56 Å². The number of hydrogen-bond donors (Lipinski definition) is 5. The lowest BCUT2D eigenvalue weighted by Crippen LogP contribution is -2.57. The molecule has 0 radical (unpaired) electrons. The van der Waals surface area contributed by atoms with E-state index < -0.39 is 42.0 Å². The van der Waals surface area contributed by atoms with Crippen LogP contribution in [0.3, 0.4) is 0 Å². The van der Waals surface area contributed by atoms with Crippen LogP contribution in [0.4, 0.5) is 0 Å². The molecule has 9 nitrogen and oxygen atoms in total. The summed E-state index contributed by atoms with van der Waals surface area (Å²) in [7, 11) is 0. The Morgan fingerprint density at radius 3 is 2.41 bits per heavy atom. The van der Waals surface area contributed by atoms with Crippen molar-refractivity contribution in [1.29, 1.82) is 0 Å². The minimum atomic E-state index is -1.15. The molecule has 4 unspecified atom stereocenters. The predicted octanol–water partition coefficient (Wildman–Crippen LogP) is 0.187. The van der Waals surface area contributed by atoms with Gasteiger partial charge in [-0.1, -0.05) is 44.2 Å². The lowest BCUT2D eigenvalue weighted by molar-refractivity contribution is -0.144. The number of rotatable bonds is 10. The zero-order valence-electron chi connectivity index (χ0n) is 18.4. The average Bonchev–Trinajstić information content (AvgIpc) is 3.26. The number of hydrogen-bond acceptors (Lipinski definition) is 6. The number of likely N-dealkylation sites (tertiary alicyclic amines) is 1. The molecule has 5 N–H and O–H groups in total. The molecule has 0 aromatic heterocycles. The second-order valence-corrected chi connectivity index (χ2v) is 8.66. The third kappa shape index (κ3) is 6.70. The van der Waals surface area contributed by atoms with Crippen LogP contribution in [-0.2, 0) is 25.6 Å². The second-order valence-electron chi connectivity index (χ2n) is 8.30. The molecule has 0 bridgehead atoms. The van der Waals surface area contributed by atoms with Crippen molar-refractivity contribution in [3.8, 4) is 0 Å². The highest BCUT2D eigenvalue weighted by Crippen LogP contribution is 2.19. The van der Waals surface area contributed by atoms with Crippen LogP contribution >= 0.6 is 12.6 Å². The zero-order valence-corrected chi connectivity index (χ0v) is 19.3. The lowest BCUT2D eigenvalue weighted by Gasteiger charge is -2.28. The fraction of sp³-hybridized carbons (Fsp3) is 0.545. The first-order valence-corrected chi connectivity index (χ1v) is 11.3. The SMILES string of the molecule is CC(C)C(NC(=O)C(Cc1ccccc1)NC(=O)C1CCCN1C(=O)C(N)CS)C(=O)O. The molecule has 1 heterocycles. The number of nitrogens with one attached hydrogen (secondary N) is 2. The summed E-state index contributed by atoms with van der Waals surface area (Å²) in [5.41, 5.74) is 6.61. The van der Waals surface area contributed by atoms with E-state index in [4.69, 9.17) is 5.73 Å². The summed E-state index contributed by atoms with van der Waals surface area (Å²) in [5.74, 6) is -2.73. The summed E-state index contributed by atoms with van der Waals surface area (Å²) < 4.78 is 0. The highest BCUT2D eigenvalue weighted by Gasteiger charge is 2.37. The standard InChI is InChI=1S/C22H32N4O5S/c1-13(2)18(22(30)31)25-19(27)16(11-14-7-4-3-5-8-14)24-20(28)17-9-6-10-26(17)21(29)15(23)12-32/h3-5,7-8,13,15-18,32H,6,9-12,23H2,1-2H3,(H,24,28)(H,25,27)(H,30,31). The first-order valence-electron chi connectivity index (χ1n) is 10.7. The minimum absolute atomic E-state index is 0.161. The van der Waals surface area contributed by atoms with Crippen LogP contribution in [-0.4, -0.2) is 70.2 Å². The van der Waals surface area contributed by atoms with Gasteiger partial charge in [0.1, 0.15) is 18.1 Å². The normalized spacial score (nSPS) is 18.7. The monoisotopic (exact) mass is 464 g/mol. The van der Waals surface area contributed by atoms with Crippen molar-refractivity contribution in [2.45, 2.75) is 57.3 Å². The van der Waals surface area contributed by atoms with Crippen molar-refractivity contribution in [2.75, 3.05) is 12.3 Å². The van der Waals surface area contributed by atoms with Crippen LogP contribution in [0.1, 0.15) is 32.3 Å². The molecule has 0 aliphatic carbocycles. The fourth-order valence-electron chi connectivity index (χ4n) is 3.69. The summed E-state index contributed by atoms with van der Waals surface area (Å²) in [6, 6.07) is 5.48. The first-order chi connectivity index (χ1) is 15.1. The molecule has 1 aliphatic heterocycles. The van der Waals surface area contributed by atoms with E-state index in [1.807, 2.05) is 30.3 Å². The molecule has 2 rings (SSSR count). The topological polar surface area (TPSA) is 142 Å². The third-order valence-corrected chi connectivity index (χ3v) is 5.89. The summed E-state index contributed by atoms with van der Waals surface area (Å²) in [4.78, 5) is 51.5. The van der Waals surface area contributed by atoms with Gasteiger partial charge in [0.25, 0.3) is 0 Å². The minimum Gasteiger partial charge on any atom is -0.480 e. The van der Waals surface area contributed by atoms with Gasteiger partial charge >= 0.3 is 5.97 Å². The number of thiol groups is 1. The molecule has 1 fully saturated rings. The molecule has 3 amide bonds. The smallest absolute Gasteiger partial charge is 0.326 e. The fourth-order valence-corrected chi connectivity index (χ4v) is 3.84. The number of nitrogens with two attached hydrogens (primary N) is 1. The maximum Gasteiger partial charge on any atom is 0.326 e. The summed E-state index contributed by atoms with van der Waals surface area (Å²) in [6.07, 6.45) is 1.28. The van der Waals surface area contributed by atoms with E-state index in [-0.39, 0.29) is 24.0 Å². The molecule has 10 heteroatoms. The van der Waals surface area contributed by atoms with Gasteiger partial charge in [0.2, 0.25) is 17.7 Å². The highest BCUT2D eigenvalue weighted by molar-refractivity contribution is 7.80. The Morgan fingerprint density at radius 1 is 1.19 bits per heavy atom. The van der Waals surface area contributed by atoms with Crippen LogP contribution in [0.25, 0.3) is 0 Å². The molecule has 1 aliphatic rings. The molecule has 0 saturated carbocycles. The number of aliphatic carboxylic acids is 1. The molecule has 4 atom stereocenters. The Kier molecular flexibility index (Phi) is 9.52. The van der Waals surface area contributed by atoms with E-state index in [1.165, 1.54) is 4.90 Å². The first kappa shape index (κ1) is 25.7. The van der Waals surface area contributed by atoms with Crippen molar-refractivity contribution in [3.05, 3.63) is 35.9 Å². The van der Waals surface area contributed by atoms with Gasteiger partial charge in [0, 0.05) is 18.7 Å². The van der Waals surface area contributed by atoms with Crippen LogP contribution in [0.5, 0.6) is 0 Å². The average molecular weight is 465 g/mol. The summed E-state index contributed by atoms with van der Waals surface area (Å²) in [6.45, 7) is 3.79. The van der Waals surface area contributed by atoms with Gasteiger partial charge in [-0.15, -0.1) is 0 Å². The Morgan fingerprint density at radius 2 is 1.84 bits per heavy atom. The van der Waals surface area contributed by atoms with Crippen molar-refractivity contribution in [2.24, 2.45) is 11.7 Å². The number of benzene rings is 1. The molecule has 176 valence electrons. The number of nitrogens with zero attached hydrogens (tertiary/aromatic N) is 1. The van der Waals surface area contributed by atoms with Crippen LogP contribution in [0, 0.1) is 5.92 Å². The number of amides is 3. The Balaban J connectivity index is 2.20. The van der Waals surface area contributed by atoms with Crippen LogP contribution in [0.15, 0.2) is 30.3 Å². The van der Waals surface area contributed by atoms with Gasteiger partial charge in [0.05, 0.1) is 6.04 Å². The quantitative estimate of drug-likeness (QED) is 0.313.